The molecule has 0 radical (unpaired) electrons. The Morgan fingerprint density at radius 1 is 1.27 bits per heavy atom. The van der Waals surface area contributed by atoms with E-state index >= 15 is 0 Å². The first kappa shape index (κ1) is 21.8. The molecule has 0 fully saturated rings. The molecule has 30 heavy (non-hydrogen) atoms. The van der Waals surface area contributed by atoms with Gasteiger partial charge in [0.15, 0.2) is 11.5 Å². The van der Waals surface area contributed by atoms with Gasteiger partial charge in [0.2, 0.25) is 0 Å². The van der Waals surface area contributed by atoms with E-state index in [2.05, 4.69) is 76.8 Å². The van der Waals surface area contributed by atoms with E-state index in [1.807, 2.05) is 18.0 Å². The lowest BCUT2D eigenvalue weighted by Gasteiger charge is -2.29. The fraction of sp³-hybridized carbons (Fsp3) is 0.500. The van der Waals surface area contributed by atoms with Crippen LogP contribution >= 0.6 is 34.4 Å². The molecule has 3 N–H and O–H groups in total. The van der Waals surface area contributed by atoms with Gasteiger partial charge in [0, 0.05) is 52.0 Å². The summed E-state index contributed by atoms with van der Waals surface area (Å²) in [6.45, 7) is 10.8. The van der Waals surface area contributed by atoms with E-state index in [4.69, 9.17) is 15.2 Å². The highest BCUT2D eigenvalue weighted by Crippen LogP contribution is 2.44. The average Bonchev–Trinajstić information content (AvgIpc) is 3.04. The predicted octanol–water partition coefficient (Wildman–Crippen LogP) is 4.16. The van der Waals surface area contributed by atoms with Gasteiger partial charge in [0.05, 0.1) is 5.37 Å². The van der Waals surface area contributed by atoms with E-state index in [9.17, 15) is 0 Å². The van der Waals surface area contributed by atoms with E-state index in [1.54, 1.807) is 0 Å². The van der Waals surface area contributed by atoms with Crippen molar-refractivity contribution in [2.45, 2.75) is 37.5 Å². The van der Waals surface area contributed by atoms with Crippen molar-refractivity contribution < 1.29 is 9.47 Å². The second-order valence-electron chi connectivity index (χ2n) is 8.83. The van der Waals surface area contributed by atoms with Gasteiger partial charge >= 0.3 is 0 Å². The van der Waals surface area contributed by atoms with Gasteiger partial charge in [-0.05, 0) is 46.2 Å². The standard InChI is InChI=1S/C22H29IN4O2S/c1-22(2,3)13-25-6-7-27-16-4-5-26-21(24)14(16)10-20(27)30-19-12-18-17(11-15(19)23)28-8-9-29-18/h4-5,11-12,20,25H,6-10,13H2,1-3H3,(H2,24,26). The highest BCUT2D eigenvalue weighted by atomic mass is 127. The van der Waals surface area contributed by atoms with Crippen molar-refractivity contribution in [2.75, 3.05) is 43.5 Å². The van der Waals surface area contributed by atoms with Gasteiger partial charge in [-0.1, -0.05) is 32.5 Å². The molecule has 1 aromatic heterocycles. The Morgan fingerprint density at radius 2 is 2.00 bits per heavy atom. The van der Waals surface area contributed by atoms with Crippen LogP contribution in [0.25, 0.3) is 0 Å². The first-order valence-electron chi connectivity index (χ1n) is 10.3. The molecule has 2 aliphatic heterocycles. The monoisotopic (exact) mass is 540 g/mol. The van der Waals surface area contributed by atoms with Crippen molar-refractivity contribution in [1.82, 2.24) is 10.3 Å². The number of ether oxygens (including phenoxy) is 2. The topological polar surface area (TPSA) is 72.6 Å². The molecule has 3 heterocycles. The van der Waals surface area contributed by atoms with Crippen molar-refractivity contribution >= 4 is 45.9 Å². The van der Waals surface area contributed by atoms with Gasteiger partial charge in [-0.25, -0.2) is 4.98 Å². The second-order valence-corrected chi connectivity index (χ2v) is 11.2. The molecule has 4 rings (SSSR count). The molecule has 1 unspecified atom stereocenters. The van der Waals surface area contributed by atoms with Crippen LogP contribution in [0.15, 0.2) is 29.3 Å². The van der Waals surface area contributed by atoms with Crippen LogP contribution < -0.4 is 25.4 Å². The van der Waals surface area contributed by atoms with Crippen molar-refractivity contribution in [2.24, 2.45) is 5.41 Å². The third-order valence-electron chi connectivity index (χ3n) is 5.14. The summed E-state index contributed by atoms with van der Waals surface area (Å²) in [6.07, 6.45) is 2.69. The summed E-state index contributed by atoms with van der Waals surface area (Å²) in [5.41, 5.74) is 8.84. The number of halogens is 1. The molecule has 0 bridgehead atoms. The molecular weight excluding hydrogens is 511 g/mol. The number of hydrogen-bond donors (Lipinski definition) is 2. The first-order chi connectivity index (χ1) is 14.3. The first-order valence-corrected chi connectivity index (χ1v) is 12.2. The van der Waals surface area contributed by atoms with Crippen LogP contribution in [0.5, 0.6) is 11.5 Å². The summed E-state index contributed by atoms with van der Waals surface area (Å²) < 4.78 is 12.7. The third kappa shape index (κ3) is 4.91. The number of pyridine rings is 1. The average molecular weight is 540 g/mol. The van der Waals surface area contributed by atoms with Crippen LogP contribution in [0, 0.1) is 8.99 Å². The Balaban J connectivity index is 1.53. The summed E-state index contributed by atoms with van der Waals surface area (Å²) >= 11 is 4.25. The number of nitrogens with zero attached hydrogens (tertiary/aromatic N) is 2. The summed E-state index contributed by atoms with van der Waals surface area (Å²) in [5.74, 6) is 2.31. The van der Waals surface area contributed by atoms with E-state index < -0.39 is 0 Å². The second kappa shape index (κ2) is 9.00. The molecule has 8 heteroatoms. The Bertz CT molecular complexity index is 919. The van der Waals surface area contributed by atoms with Crippen molar-refractivity contribution in [3.63, 3.8) is 0 Å². The number of hydrogen-bond acceptors (Lipinski definition) is 7. The number of nitrogens with one attached hydrogen (secondary N) is 1. The minimum absolute atomic E-state index is 0.263. The SMILES string of the molecule is CC(C)(C)CNCCN1c2ccnc(N)c2CC1Sc1cc2c(cc1I)OCCO2. The predicted molar refractivity (Wildman–Crippen MR) is 132 cm³/mol. The molecule has 1 aromatic carbocycles. The van der Waals surface area contributed by atoms with E-state index in [1.165, 1.54) is 14.2 Å². The number of thioether (sulfide) groups is 1. The Labute approximate surface area is 196 Å². The van der Waals surface area contributed by atoms with E-state index in [0.29, 0.717) is 19.0 Å². The summed E-state index contributed by atoms with van der Waals surface area (Å²) in [6, 6.07) is 6.27. The summed E-state index contributed by atoms with van der Waals surface area (Å²) in [7, 11) is 0. The number of benzene rings is 1. The number of nitrogen functional groups attached to an aromatic ring is 1. The molecule has 6 nitrogen and oxygen atoms in total. The number of nitrogens with two attached hydrogens (primary N) is 1. The minimum atomic E-state index is 0.263. The maximum Gasteiger partial charge on any atom is 0.162 e. The van der Waals surface area contributed by atoms with Gasteiger partial charge in [-0.2, -0.15) is 0 Å². The summed E-state index contributed by atoms with van der Waals surface area (Å²) in [5, 5.41) is 3.86. The van der Waals surface area contributed by atoms with E-state index in [-0.39, 0.29) is 10.8 Å². The van der Waals surface area contributed by atoms with Gasteiger partial charge in [0.25, 0.3) is 0 Å². The van der Waals surface area contributed by atoms with Crippen LogP contribution in [0.2, 0.25) is 0 Å². The van der Waals surface area contributed by atoms with Crippen molar-refractivity contribution in [3.05, 3.63) is 33.5 Å². The lowest BCUT2D eigenvalue weighted by molar-refractivity contribution is 0.171. The fourth-order valence-electron chi connectivity index (χ4n) is 3.73. The highest BCUT2D eigenvalue weighted by molar-refractivity contribution is 14.1. The number of anilines is 2. The molecule has 0 aliphatic carbocycles. The maximum atomic E-state index is 6.22. The quantitative estimate of drug-likeness (QED) is 0.421. The third-order valence-corrected chi connectivity index (χ3v) is 7.69. The van der Waals surface area contributed by atoms with Crippen molar-refractivity contribution in [1.29, 1.82) is 0 Å². The zero-order valence-electron chi connectivity index (χ0n) is 17.7. The highest BCUT2D eigenvalue weighted by Gasteiger charge is 2.32. The maximum absolute atomic E-state index is 6.22. The Morgan fingerprint density at radius 3 is 2.73 bits per heavy atom. The Kier molecular flexibility index (Phi) is 6.55. The molecule has 0 amide bonds. The minimum Gasteiger partial charge on any atom is -0.486 e. The smallest absolute Gasteiger partial charge is 0.162 e. The van der Waals surface area contributed by atoms with Crippen LogP contribution in [0.4, 0.5) is 11.5 Å². The van der Waals surface area contributed by atoms with Crippen LogP contribution in [-0.2, 0) is 6.42 Å². The van der Waals surface area contributed by atoms with Crippen LogP contribution in [-0.4, -0.2) is 43.2 Å². The van der Waals surface area contributed by atoms with Gasteiger partial charge in [0.1, 0.15) is 19.0 Å². The van der Waals surface area contributed by atoms with Crippen molar-refractivity contribution in [3.8, 4) is 11.5 Å². The lowest BCUT2D eigenvalue weighted by atomic mass is 9.97. The molecule has 0 saturated heterocycles. The number of fused-ring (bicyclic) bond motifs is 2. The molecule has 162 valence electrons. The van der Waals surface area contributed by atoms with Gasteiger partial charge < -0.3 is 25.4 Å². The fourth-order valence-corrected chi connectivity index (χ4v) is 5.79. The molecule has 0 spiro atoms. The van der Waals surface area contributed by atoms with Crippen LogP contribution in [0.3, 0.4) is 0 Å². The molecular formula is C22H29IN4O2S. The molecule has 2 aromatic rings. The number of aromatic nitrogens is 1. The summed E-state index contributed by atoms with van der Waals surface area (Å²) in [4.78, 5) is 7.98. The van der Waals surface area contributed by atoms with Gasteiger partial charge in [-0.15, -0.1) is 0 Å². The molecule has 2 aliphatic rings. The normalized spacial score (nSPS) is 17.9. The molecule has 1 atom stereocenters. The molecule has 0 saturated carbocycles. The largest absolute Gasteiger partial charge is 0.486 e. The van der Waals surface area contributed by atoms with E-state index in [0.717, 1.165) is 43.1 Å². The zero-order chi connectivity index (χ0) is 21.3. The van der Waals surface area contributed by atoms with Gasteiger partial charge in [-0.3, -0.25) is 0 Å². The zero-order valence-corrected chi connectivity index (χ0v) is 20.7. The lowest BCUT2D eigenvalue weighted by Crippen LogP contribution is -2.38. The Hall–Kier alpha value is -1.39. The van der Waals surface area contributed by atoms with Crippen LogP contribution in [0.1, 0.15) is 26.3 Å². The number of rotatable bonds is 6.